The maximum atomic E-state index is 12.6. The van der Waals surface area contributed by atoms with Crippen molar-refractivity contribution < 1.29 is 9.53 Å². The van der Waals surface area contributed by atoms with Gasteiger partial charge < -0.3 is 15.4 Å². The number of aromatic nitrogens is 2. The van der Waals surface area contributed by atoms with Gasteiger partial charge in [0.1, 0.15) is 11.6 Å². The summed E-state index contributed by atoms with van der Waals surface area (Å²) in [6, 6.07) is 0.291. The van der Waals surface area contributed by atoms with Crippen LogP contribution in [0.1, 0.15) is 102 Å². The van der Waals surface area contributed by atoms with E-state index in [1.807, 2.05) is 0 Å². The Morgan fingerprint density at radius 1 is 0.914 bits per heavy atom. The molecule has 4 rings (SSSR count). The minimum Gasteiger partial charge on any atom is -0.463 e. The number of nitrogens with zero attached hydrogens (tertiary/aromatic N) is 4. The topological polar surface area (TPSA) is 84.6 Å². The number of hydrogen-bond acceptors (Lipinski definition) is 6. The number of rotatable bonds is 13. The third-order valence-corrected chi connectivity index (χ3v) is 8.39. The maximum Gasteiger partial charge on any atom is 0.320 e. The largest absolute Gasteiger partial charge is 0.463 e. The number of nitrogens with two attached hydrogens (primary N) is 1. The van der Waals surface area contributed by atoms with Crippen LogP contribution in [0.3, 0.4) is 0 Å². The van der Waals surface area contributed by atoms with Crippen LogP contribution in [0.15, 0.2) is 0 Å². The molecular formula is C28H47N5O2. The summed E-state index contributed by atoms with van der Waals surface area (Å²) in [6.45, 7) is 7.30. The number of carbonyl (C=O) groups is 1. The summed E-state index contributed by atoms with van der Waals surface area (Å²) in [5.74, 6) is 2.99. The molecule has 1 aliphatic carbocycles. The van der Waals surface area contributed by atoms with Crippen LogP contribution in [0.4, 0.5) is 11.6 Å². The minimum atomic E-state index is 0.0762. The molecule has 0 spiro atoms. The summed E-state index contributed by atoms with van der Waals surface area (Å²) in [6.07, 6.45) is 18.5. The van der Waals surface area contributed by atoms with Gasteiger partial charge in [0.25, 0.3) is 0 Å². The van der Waals surface area contributed by atoms with E-state index in [1.54, 1.807) is 4.90 Å². The van der Waals surface area contributed by atoms with Gasteiger partial charge in [0.15, 0.2) is 0 Å². The zero-order valence-corrected chi connectivity index (χ0v) is 22.0. The highest BCUT2D eigenvalue weighted by Gasteiger charge is 2.32. The highest BCUT2D eigenvalue weighted by molar-refractivity contribution is 6.01. The van der Waals surface area contributed by atoms with Crippen molar-refractivity contribution in [3.05, 3.63) is 5.56 Å². The Hall–Kier alpha value is -1.89. The molecule has 2 N–H and O–H groups in total. The lowest BCUT2D eigenvalue weighted by atomic mass is 9.86. The second-order valence-electron chi connectivity index (χ2n) is 11.0. The molecule has 2 aliphatic heterocycles. The van der Waals surface area contributed by atoms with Crippen LogP contribution in [0, 0.1) is 11.8 Å². The monoisotopic (exact) mass is 485 g/mol. The molecule has 0 radical (unpaired) electrons. The van der Waals surface area contributed by atoms with Crippen molar-refractivity contribution in [1.29, 1.82) is 0 Å². The summed E-state index contributed by atoms with van der Waals surface area (Å²) >= 11 is 0. The zero-order chi connectivity index (χ0) is 24.5. The second-order valence-corrected chi connectivity index (χ2v) is 11.0. The van der Waals surface area contributed by atoms with Crippen molar-refractivity contribution in [3.8, 4) is 6.01 Å². The maximum absolute atomic E-state index is 12.6. The van der Waals surface area contributed by atoms with E-state index in [1.165, 1.54) is 83.8 Å². The summed E-state index contributed by atoms with van der Waals surface area (Å²) < 4.78 is 5.66. The Morgan fingerprint density at radius 3 is 2.46 bits per heavy atom. The normalized spacial score (nSPS) is 19.9. The van der Waals surface area contributed by atoms with Gasteiger partial charge in [0, 0.05) is 12.1 Å². The summed E-state index contributed by atoms with van der Waals surface area (Å²) in [5.41, 5.74) is 6.87. The first-order valence-corrected chi connectivity index (χ1v) is 14.5. The van der Waals surface area contributed by atoms with Crippen molar-refractivity contribution in [2.75, 3.05) is 43.4 Å². The van der Waals surface area contributed by atoms with Crippen molar-refractivity contribution in [2.45, 2.75) is 103 Å². The number of amides is 1. The Balaban J connectivity index is 1.12. The lowest BCUT2D eigenvalue weighted by Gasteiger charge is -2.33. The minimum absolute atomic E-state index is 0.0762. The first kappa shape index (κ1) is 26.2. The summed E-state index contributed by atoms with van der Waals surface area (Å²) in [7, 11) is 0. The Morgan fingerprint density at radius 2 is 1.69 bits per heavy atom. The van der Waals surface area contributed by atoms with Crippen molar-refractivity contribution in [1.82, 2.24) is 14.9 Å². The first-order chi connectivity index (χ1) is 17.1. The van der Waals surface area contributed by atoms with Crippen molar-refractivity contribution in [3.63, 3.8) is 0 Å². The number of carbonyl (C=O) groups excluding carboxylic acids is 1. The van der Waals surface area contributed by atoms with Crippen molar-refractivity contribution >= 4 is 17.5 Å². The number of fused-ring (bicyclic) bond motifs is 1. The fraction of sp³-hybridized carbons (Fsp3) is 0.821. The number of piperidine rings is 1. The molecule has 7 nitrogen and oxygen atoms in total. The quantitative estimate of drug-likeness (QED) is 0.378. The average Bonchev–Trinajstić information content (AvgIpc) is 3.20. The highest BCUT2D eigenvalue weighted by Crippen LogP contribution is 2.33. The molecule has 0 atom stereocenters. The molecule has 0 aromatic carbocycles. The van der Waals surface area contributed by atoms with E-state index < -0.39 is 0 Å². The Kier molecular flexibility index (Phi) is 10.0. The second kappa shape index (κ2) is 13.4. The molecule has 1 saturated carbocycles. The van der Waals surface area contributed by atoms with E-state index in [9.17, 15) is 4.79 Å². The van der Waals surface area contributed by atoms with Gasteiger partial charge in [-0.3, -0.25) is 9.69 Å². The van der Waals surface area contributed by atoms with E-state index in [0.717, 1.165) is 43.1 Å². The van der Waals surface area contributed by atoms with Crippen LogP contribution in [0.25, 0.3) is 0 Å². The third kappa shape index (κ3) is 7.55. The van der Waals surface area contributed by atoms with E-state index in [2.05, 4.69) is 21.8 Å². The van der Waals surface area contributed by atoms with E-state index in [0.29, 0.717) is 37.2 Å². The van der Waals surface area contributed by atoms with E-state index in [4.69, 9.17) is 10.5 Å². The SMILES string of the molecule is CCCCOc1nc(N)c2c(n1)N(CCCCCC1CCN(CCC3CCCCC3)CC1)C(=O)C2. The highest BCUT2D eigenvalue weighted by atomic mass is 16.5. The van der Waals surface area contributed by atoms with Gasteiger partial charge in [-0.15, -0.1) is 0 Å². The molecule has 1 aromatic rings. The van der Waals surface area contributed by atoms with Crippen molar-refractivity contribution in [2.24, 2.45) is 11.8 Å². The number of anilines is 2. The molecule has 3 aliphatic rings. The van der Waals surface area contributed by atoms with Gasteiger partial charge in [-0.05, 0) is 63.6 Å². The van der Waals surface area contributed by atoms with Crippen LogP contribution in [0.5, 0.6) is 6.01 Å². The number of nitrogen functional groups attached to an aromatic ring is 1. The molecule has 35 heavy (non-hydrogen) atoms. The fourth-order valence-corrected chi connectivity index (χ4v) is 6.05. The predicted molar refractivity (Wildman–Crippen MR) is 142 cm³/mol. The molecule has 7 heteroatoms. The van der Waals surface area contributed by atoms with Gasteiger partial charge >= 0.3 is 6.01 Å². The van der Waals surface area contributed by atoms with Crippen LogP contribution < -0.4 is 15.4 Å². The molecule has 1 aromatic heterocycles. The van der Waals surface area contributed by atoms with Gasteiger partial charge in [0.2, 0.25) is 5.91 Å². The lowest BCUT2D eigenvalue weighted by molar-refractivity contribution is -0.117. The fourth-order valence-electron chi connectivity index (χ4n) is 6.05. The van der Waals surface area contributed by atoms with Gasteiger partial charge in [0.05, 0.1) is 13.0 Å². The Labute approximate surface area is 212 Å². The molecule has 0 unspecified atom stereocenters. The predicted octanol–water partition coefficient (Wildman–Crippen LogP) is 5.37. The van der Waals surface area contributed by atoms with Gasteiger partial charge in [-0.1, -0.05) is 64.7 Å². The molecule has 196 valence electrons. The lowest BCUT2D eigenvalue weighted by Crippen LogP contribution is -2.35. The molecule has 2 fully saturated rings. The smallest absolute Gasteiger partial charge is 0.320 e. The first-order valence-electron chi connectivity index (χ1n) is 14.5. The molecule has 3 heterocycles. The standard InChI is InChI=1S/C28H47N5O2/c1-2-3-20-35-28-30-26(29)24-21-25(34)33(27(24)31-28)16-9-5-8-12-23-14-18-32(19-15-23)17-13-22-10-6-4-7-11-22/h22-23H,2-21H2,1H3,(H2,29,30,31). The van der Waals surface area contributed by atoms with Gasteiger partial charge in [-0.25, -0.2) is 0 Å². The summed E-state index contributed by atoms with van der Waals surface area (Å²) in [4.78, 5) is 25.9. The summed E-state index contributed by atoms with van der Waals surface area (Å²) in [5, 5.41) is 0. The average molecular weight is 486 g/mol. The zero-order valence-electron chi connectivity index (χ0n) is 22.0. The number of hydrogen-bond donors (Lipinski definition) is 1. The molecule has 1 saturated heterocycles. The molecule has 0 bridgehead atoms. The third-order valence-electron chi connectivity index (χ3n) is 8.39. The Bertz CT molecular complexity index is 803. The van der Waals surface area contributed by atoms with E-state index >= 15 is 0 Å². The van der Waals surface area contributed by atoms with Crippen LogP contribution >= 0.6 is 0 Å². The van der Waals surface area contributed by atoms with E-state index in [-0.39, 0.29) is 5.91 Å². The molecule has 1 amide bonds. The van der Waals surface area contributed by atoms with Gasteiger partial charge in [-0.2, -0.15) is 9.97 Å². The number of ether oxygens (including phenoxy) is 1. The van der Waals surface area contributed by atoms with Crippen LogP contribution in [-0.2, 0) is 11.2 Å². The van der Waals surface area contributed by atoms with Crippen LogP contribution in [0.2, 0.25) is 0 Å². The van der Waals surface area contributed by atoms with Crippen LogP contribution in [-0.4, -0.2) is 53.6 Å². The molecular weight excluding hydrogens is 438 g/mol. The number of unbranched alkanes of at least 4 members (excludes halogenated alkanes) is 3. The number of likely N-dealkylation sites (tertiary alicyclic amines) is 1.